The minimum atomic E-state index is -0.825. The van der Waals surface area contributed by atoms with Gasteiger partial charge in [0.2, 0.25) is 0 Å². The lowest BCUT2D eigenvalue weighted by Crippen LogP contribution is -2.47. The zero-order valence-electron chi connectivity index (χ0n) is 9.83. The monoisotopic (exact) mass is 315 g/mol. The molecular weight excluding hydrogens is 301 g/mol. The maximum absolute atomic E-state index is 13.6. The molecule has 1 aromatic carbocycles. The van der Waals surface area contributed by atoms with E-state index in [1.54, 1.807) is 12.1 Å². The number of carboxylic acids is 1. The van der Waals surface area contributed by atoms with Gasteiger partial charge in [0.05, 0.1) is 0 Å². The molecule has 0 saturated carbocycles. The molecule has 98 valence electrons. The SMILES string of the molecule is O=C(O)C1CCCC(Cc2cc(Br)ccc2F)N1. The fourth-order valence-electron chi connectivity index (χ4n) is 2.34. The zero-order chi connectivity index (χ0) is 13.1. The first-order valence-electron chi connectivity index (χ1n) is 5.99. The van der Waals surface area contributed by atoms with Crippen LogP contribution in [0.1, 0.15) is 24.8 Å². The summed E-state index contributed by atoms with van der Waals surface area (Å²) in [5.74, 6) is -1.06. The molecule has 0 spiro atoms. The number of nitrogens with one attached hydrogen (secondary N) is 1. The second-order valence-corrected chi connectivity index (χ2v) is 5.54. The van der Waals surface area contributed by atoms with Crippen molar-refractivity contribution in [3.8, 4) is 0 Å². The normalized spacial score (nSPS) is 23.9. The van der Waals surface area contributed by atoms with Gasteiger partial charge >= 0.3 is 5.97 Å². The molecule has 2 unspecified atom stereocenters. The second kappa shape index (κ2) is 5.80. The predicted octanol–water partition coefficient (Wildman–Crippen LogP) is 2.73. The van der Waals surface area contributed by atoms with E-state index in [1.807, 2.05) is 0 Å². The van der Waals surface area contributed by atoms with Crippen molar-refractivity contribution >= 4 is 21.9 Å². The molecule has 1 aliphatic heterocycles. The fraction of sp³-hybridized carbons (Fsp3) is 0.462. The quantitative estimate of drug-likeness (QED) is 0.901. The number of benzene rings is 1. The third kappa shape index (κ3) is 3.29. The average molecular weight is 316 g/mol. The number of rotatable bonds is 3. The molecule has 0 aliphatic carbocycles. The summed E-state index contributed by atoms with van der Waals surface area (Å²) in [5.41, 5.74) is 0.618. The molecule has 0 bridgehead atoms. The molecule has 0 aromatic heterocycles. The van der Waals surface area contributed by atoms with Gasteiger partial charge in [-0.25, -0.2) is 4.39 Å². The summed E-state index contributed by atoms with van der Waals surface area (Å²) in [6, 6.07) is 4.37. The summed E-state index contributed by atoms with van der Waals surface area (Å²) in [6.45, 7) is 0. The van der Waals surface area contributed by atoms with Crippen molar-refractivity contribution in [2.45, 2.75) is 37.8 Å². The van der Waals surface area contributed by atoms with E-state index in [0.29, 0.717) is 18.4 Å². The van der Waals surface area contributed by atoms with E-state index in [-0.39, 0.29) is 11.9 Å². The van der Waals surface area contributed by atoms with Gasteiger partial charge in [-0.05, 0) is 49.4 Å². The van der Waals surface area contributed by atoms with E-state index < -0.39 is 12.0 Å². The van der Waals surface area contributed by atoms with Crippen molar-refractivity contribution in [1.29, 1.82) is 0 Å². The second-order valence-electron chi connectivity index (χ2n) is 4.63. The highest BCUT2D eigenvalue weighted by molar-refractivity contribution is 9.10. The van der Waals surface area contributed by atoms with E-state index in [2.05, 4.69) is 21.2 Å². The lowest BCUT2D eigenvalue weighted by Gasteiger charge is -2.28. The van der Waals surface area contributed by atoms with Crippen LogP contribution in [-0.4, -0.2) is 23.2 Å². The minimum absolute atomic E-state index is 0.0312. The van der Waals surface area contributed by atoms with Gasteiger partial charge in [0, 0.05) is 10.5 Å². The Hall–Kier alpha value is -0.940. The molecule has 1 aromatic rings. The molecule has 18 heavy (non-hydrogen) atoms. The first-order chi connectivity index (χ1) is 8.56. The maximum atomic E-state index is 13.6. The van der Waals surface area contributed by atoms with Crippen molar-refractivity contribution in [2.75, 3.05) is 0 Å². The van der Waals surface area contributed by atoms with Gasteiger partial charge < -0.3 is 10.4 Å². The van der Waals surface area contributed by atoms with Gasteiger partial charge in [0.1, 0.15) is 11.9 Å². The first-order valence-corrected chi connectivity index (χ1v) is 6.78. The number of halogens is 2. The van der Waals surface area contributed by atoms with Crippen LogP contribution < -0.4 is 5.32 Å². The molecule has 0 radical (unpaired) electrons. The molecule has 0 amide bonds. The largest absolute Gasteiger partial charge is 0.480 e. The number of hydrogen-bond donors (Lipinski definition) is 2. The van der Waals surface area contributed by atoms with Gasteiger partial charge in [-0.2, -0.15) is 0 Å². The summed E-state index contributed by atoms with van der Waals surface area (Å²) < 4.78 is 14.5. The van der Waals surface area contributed by atoms with Gasteiger partial charge in [-0.1, -0.05) is 15.9 Å². The van der Waals surface area contributed by atoms with Gasteiger partial charge in [-0.3, -0.25) is 4.79 Å². The Morgan fingerprint density at radius 2 is 2.28 bits per heavy atom. The smallest absolute Gasteiger partial charge is 0.320 e. The molecule has 1 fully saturated rings. The van der Waals surface area contributed by atoms with Crippen LogP contribution in [-0.2, 0) is 11.2 Å². The molecule has 2 atom stereocenters. The van der Waals surface area contributed by atoms with Crippen LogP contribution in [0.5, 0.6) is 0 Å². The summed E-state index contributed by atoms with van der Waals surface area (Å²) in [5, 5.41) is 12.0. The maximum Gasteiger partial charge on any atom is 0.320 e. The highest BCUT2D eigenvalue weighted by Crippen LogP contribution is 2.21. The number of carboxylic acid groups (broad SMARTS) is 1. The van der Waals surface area contributed by atoms with Crippen LogP contribution in [0, 0.1) is 5.82 Å². The molecule has 2 rings (SSSR count). The van der Waals surface area contributed by atoms with Crippen molar-refractivity contribution in [1.82, 2.24) is 5.32 Å². The Balaban J connectivity index is 2.04. The van der Waals surface area contributed by atoms with Crippen LogP contribution >= 0.6 is 15.9 Å². The molecule has 1 heterocycles. The number of carbonyl (C=O) groups is 1. The Morgan fingerprint density at radius 1 is 1.50 bits per heavy atom. The zero-order valence-corrected chi connectivity index (χ0v) is 11.4. The molecule has 1 saturated heterocycles. The number of hydrogen-bond acceptors (Lipinski definition) is 2. The predicted molar refractivity (Wildman–Crippen MR) is 70.0 cm³/mol. The van der Waals surface area contributed by atoms with Crippen LogP contribution in [0.15, 0.2) is 22.7 Å². The Kier molecular flexibility index (Phi) is 4.35. The van der Waals surface area contributed by atoms with E-state index in [9.17, 15) is 9.18 Å². The number of piperidine rings is 1. The van der Waals surface area contributed by atoms with E-state index in [0.717, 1.165) is 17.3 Å². The lowest BCUT2D eigenvalue weighted by atomic mass is 9.94. The van der Waals surface area contributed by atoms with E-state index >= 15 is 0 Å². The minimum Gasteiger partial charge on any atom is -0.480 e. The van der Waals surface area contributed by atoms with Crippen molar-refractivity contribution in [2.24, 2.45) is 0 Å². The first kappa shape index (κ1) is 13.5. The Morgan fingerprint density at radius 3 is 3.00 bits per heavy atom. The molecular formula is C13H15BrFNO2. The third-order valence-electron chi connectivity index (χ3n) is 3.25. The van der Waals surface area contributed by atoms with Crippen LogP contribution in [0.25, 0.3) is 0 Å². The summed E-state index contributed by atoms with van der Waals surface area (Å²) >= 11 is 3.32. The van der Waals surface area contributed by atoms with E-state index in [4.69, 9.17) is 5.11 Å². The lowest BCUT2D eigenvalue weighted by molar-refractivity contribution is -0.140. The van der Waals surface area contributed by atoms with Gasteiger partial charge in [0.15, 0.2) is 0 Å². The van der Waals surface area contributed by atoms with Crippen LogP contribution in [0.2, 0.25) is 0 Å². The Bertz CT molecular complexity index is 453. The summed E-state index contributed by atoms with van der Waals surface area (Å²) in [7, 11) is 0. The molecule has 1 aliphatic rings. The van der Waals surface area contributed by atoms with Gasteiger partial charge in [0.25, 0.3) is 0 Å². The summed E-state index contributed by atoms with van der Waals surface area (Å²) in [6.07, 6.45) is 2.92. The third-order valence-corrected chi connectivity index (χ3v) is 3.75. The van der Waals surface area contributed by atoms with Crippen molar-refractivity contribution < 1.29 is 14.3 Å². The Labute approximate surface area is 114 Å². The average Bonchev–Trinajstić information content (AvgIpc) is 2.34. The standard InChI is InChI=1S/C13H15BrFNO2/c14-9-4-5-11(15)8(6-9)7-10-2-1-3-12(16-10)13(17)18/h4-6,10,12,16H,1-3,7H2,(H,17,18). The van der Waals surface area contributed by atoms with Crippen molar-refractivity contribution in [3.05, 3.63) is 34.1 Å². The highest BCUT2D eigenvalue weighted by atomic mass is 79.9. The highest BCUT2D eigenvalue weighted by Gasteiger charge is 2.26. The molecule has 3 nitrogen and oxygen atoms in total. The van der Waals surface area contributed by atoms with Crippen LogP contribution in [0.3, 0.4) is 0 Å². The topological polar surface area (TPSA) is 49.3 Å². The summed E-state index contributed by atoms with van der Waals surface area (Å²) in [4.78, 5) is 10.9. The van der Waals surface area contributed by atoms with E-state index in [1.165, 1.54) is 6.07 Å². The van der Waals surface area contributed by atoms with Crippen molar-refractivity contribution in [3.63, 3.8) is 0 Å². The molecule has 2 N–H and O–H groups in total. The fourth-order valence-corrected chi connectivity index (χ4v) is 2.75. The van der Waals surface area contributed by atoms with Crippen LogP contribution in [0.4, 0.5) is 4.39 Å². The van der Waals surface area contributed by atoms with Gasteiger partial charge in [-0.15, -0.1) is 0 Å². The molecule has 5 heteroatoms. The number of aliphatic carboxylic acids is 1.